The van der Waals surface area contributed by atoms with E-state index in [9.17, 15) is 9.59 Å². The van der Waals surface area contributed by atoms with Crippen molar-refractivity contribution in [2.24, 2.45) is 5.92 Å². The van der Waals surface area contributed by atoms with E-state index in [0.717, 1.165) is 22.0 Å². The monoisotopic (exact) mass is 482 g/mol. The number of nitrogens with one attached hydrogen (secondary N) is 4. The summed E-state index contributed by atoms with van der Waals surface area (Å²) in [6, 6.07) is 14.8. The zero-order valence-electron chi connectivity index (χ0n) is 19.4. The van der Waals surface area contributed by atoms with Crippen molar-refractivity contribution in [1.82, 2.24) is 21.1 Å². The molecule has 0 saturated carbocycles. The van der Waals surface area contributed by atoms with Crippen LogP contribution in [0.5, 0.6) is 5.75 Å². The highest BCUT2D eigenvalue weighted by atomic mass is 32.1. The molecule has 2 aromatic carbocycles. The lowest BCUT2D eigenvalue weighted by Gasteiger charge is -2.27. The van der Waals surface area contributed by atoms with Gasteiger partial charge >= 0.3 is 0 Å². The molecule has 9 heteroatoms. The lowest BCUT2D eigenvalue weighted by Crippen LogP contribution is -2.50. The topological polar surface area (TPSA) is 115 Å². The van der Waals surface area contributed by atoms with Crippen LogP contribution < -0.4 is 20.9 Å². The number of carbonyl (C=O) groups is 2. The Bertz CT molecular complexity index is 1150. The van der Waals surface area contributed by atoms with Crippen molar-refractivity contribution in [3.8, 4) is 5.75 Å². The van der Waals surface area contributed by atoms with Crippen LogP contribution in [0.25, 0.3) is 10.9 Å². The van der Waals surface area contributed by atoms with E-state index in [0.29, 0.717) is 17.2 Å². The number of carbonyl (C=O) groups excluding carboxylic acids is 2. The number of hydrogen-bond donors (Lipinski definition) is 5. The number of aromatic amines is 1. The minimum absolute atomic E-state index is 0.249. The molecule has 3 aromatic rings. The summed E-state index contributed by atoms with van der Waals surface area (Å²) in [5.41, 5.74) is 4.68. The van der Waals surface area contributed by atoms with E-state index >= 15 is 0 Å². The molecule has 0 radical (unpaired) electrons. The van der Waals surface area contributed by atoms with Gasteiger partial charge in [-0.05, 0) is 37.6 Å². The zero-order chi connectivity index (χ0) is 24.7. The van der Waals surface area contributed by atoms with Crippen LogP contribution in [-0.4, -0.2) is 46.2 Å². The number of ether oxygens (including phenoxy) is 1. The van der Waals surface area contributed by atoms with Gasteiger partial charge in [-0.15, -0.1) is 0 Å². The van der Waals surface area contributed by atoms with Gasteiger partial charge in [0, 0.05) is 37.0 Å². The summed E-state index contributed by atoms with van der Waals surface area (Å²) in [4.78, 5) is 29.0. The third-order valence-corrected chi connectivity index (χ3v) is 6.24. The number of aromatic nitrogens is 1. The summed E-state index contributed by atoms with van der Waals surface area (Å²) in [6.07, 6.45) is 1.47. The fourth-order valence-corrected chi connectivity index (χ4v) is 3.96. The van der Waals surface area contributed by atoms with Crippen LogP contribution >= 0.6 is 12.2 Å². The number of thiocarbonyl (C=S) groups is 1. The lowest BCUT2D eigenvalue weighted by atomic mass is 9.96. The number of likely N-dealkylation sites (N-methyl/N-ethyl adjacent to an activating group) is 1. The molecule has 1 aromatic heterocycles. The molecule has 8 nitrogen and oxygen atoms in total. The molecule has 0 aliphatic rings. The van der Waals surface area contributed by atoms with Gasteiger partial charge in [-0.3, -0.25) is 14.8 Å². The van der Waals surface area contributed by atoms with Crippen LogP contribution in [0, 0.1) is 12.8 Å². The van der Waals surface area contributed by atoms with E-state index in [1.165, 1.54) is 0 Å². The smallest absolute Gasteiger partial charge is 0.244 e. The van der Waals surface area contributed by atoms with Gasteiger partial charge in [0.05, 0.1) is 16.9 Å². The van der Waals surface area contributed by atoms with Gasteiger partial charge in [-0.1, -0.05) is 48.1 Å². The summed E-state index contributed by atoms with van der Waals surface area (Å²) in [5.74, 6) is -1.35. The molecule has 5 N–H and O–H groups in total. The Labute approximate surface area is 204 Å². The average Bonchev–Trinajstić information content (AvgIpc) is 3.25. The summed E-state index contributed by atoms with van der Waals surface area (Å²) >= 11 is 5.48. The first-order valence-electron chi connectivity index (χ1n) is 11.1. The first-order chi connectivity index (χ1) is 16.3. The zero-order valence-corrected chi connectivity index (χ0v) is 20.2. The Morgan fingerprint density at radius 2 is 1.85 bits per heavy atom. The van der Waals surface area contributed by atoms with Gasteiger partial charge in [0.1, 0.15) is 11.9 Å². The molecule has 2 amide bonds. The highest BCUT2D eigenvalue weighted by molar-refractivity contribution is 7.80. The fourth-order valence-electron chi connectivity index (χ4n) is 3.81. The summed E-state index contributed by atoms with van der Waals surface area (Å²) in [5, 5.41) is 16.0. The van der Waals surface area contributed by atoms with Crippen molar-refractivity contribution >= 4 is 39.9 Å². The first kappa shape index (κ1) is 25.2. The highest BCUT2D eigenvalue weighted by Crippen LogP contribution is 2.22. The minimum atomic E-state index is -0.862. The third kappa shape index (κ3) is 6.33. The largest absolute Gasteiger partial charge is 0.490 e. The van der Waals surface area contributed by atoms with Crippen molar-refractivity contribution in [2.45, 2.75) is 38.8 Å². The van der Waals surface area contributed by atoms with Crippen LogP contribution in [0.3, 0.4) is 0 Å². The number of amides is 2. The lowest BCUT2D eigenvalue weighted by molar-refractivity contribution is -0.137. The number of H-pyrrole nitrogens is 1. The molecule has 0 bridgehead atoms. The van der Waals surface area contributed by atoms with Crippen molar-refractivity contribution < 1.29 is 19.5 Å². The molecule has 0 saturated heterocycles. The van der Waals surface area contributed by atoms with Crippen LogP contribution in [0.4, 0.5) is 0 Å². The normalized spacial score (nSPS) is 13.5. The van der Waals surface area contributed by atoms with Crippen molar-refractivity contribution in [2.75, 3.05) is 7.05 Å². The number of hydrogen-bond acceptors (Lipinski definition) is 5. The Morgan fingerprint density at radius 1 is 1.15 bits per heavy atom. The molecule has 0 spiro atoms. The van der Waals surface area contributed by atoms with Crippen LogP contribution in [-0.2, 0) is 16.0 Å². The van der Waals surface area contributed by atoms with Crippen molar-refractivity contribution in [3.63, 3.8) is 0 Å². The second kappa shape index (κ2) is 11.6. The molecular weight excluding hydrogens is 452 g/mol. The van der Waals surface area contributed by atoms with Crippen molar-refractivity contribution in [1.29, 1.82) is 0 Å². The Balaban J connectivity index is 1.79. The van der Waals surface area contributed by atoms with Crippen molar-refractivity contribution in [3.05, 3.63) is 65.9 Å². The minimum Gasteiger partial charge on any atom is -0.490 e. The van der Waals surface area contributed by atoms with Gasteiger partial charge in [0.25, 0.3) is 0 Å². The number of hydroxylamine groups is 1. The quantitative estimate of drug-likeness (QED) is 0.172. The molecular formula is C25H30N4O4S. The molecule has 3 rings (SSSR count). The number of benzene rings is 2. The number of aryl methyl sites for hydroxylation is 1. The van der Waals surface area contributed by atoms with Gasteiger partial charge in [0.2, 0.25) is 11.8 Å². The van der Waals surface area contributed by atoms with E-state index in [2.05, 4.69) is 15.6 Å². The molecule has 3 atom stereocenters. The number of para-hydroxylation sites is 1. The molecule has 0 aliphatic heterocycles. The maximum atomic E-state index is 13.4. The van der Waals surface area contributed by atoms with Crippen LogP contribution in [0.1, 0.15) is 24.5 Å². The molecule has 3 unspecified atom stereocenters. The van der Waals surface area contributed by atoms with Gasteiger partial charge < -0.3 is 20.4 Å². The maximum Gasteiger partial charge on any atom is 0.244 e. The van der Waals surface area contributed by atoms with E-state index < -0.39 is 29.9 Å². The molecule has 180 valence electrons. The van der Waals surface area contributed by atoms with Crippen LogP contribution in [0.15, 0.2) is 54.7 Å². The Kier molecular flexibility index (Phi) is 8.61. The predicted molar refractivity (Wildman–Crippen MR) is 135 cm³/mol. The second-order valence-electron chi connectivity index (χ2n) is 8.22. The molecule has 0 fully saturated rings. The Morgan fingerprint density at radius 3 is 2.53 bits per heavy atom. The standard InChI is InChI=1S/C25H30N4O4S/c1-15-8-10-18(11-9-15)33-16(2)20(13-23(30)29-32)24(31)28-22(25(34)26-3)12-17-14-27-21-7-5-4-6-19(17)21/h4-11,14,16,20,22,27,32H,12-13H2,1-3H3,(H,26,34)(H,28,31)(H,29,30). The van der Waals surface area contributed by atoms with Gasteiger partial charge in [-0.2, -0.15) is 0 Å². The van der Waals surface area contributed by atoms with Gasteiger partial charge in [0.15, 0.2) is 0 Å². The SMILES string of the molecule is CNC(=S)C(Cc1c[nH]c2ccccc12)NC(=O)C(CC(=O)NO)C(C)Oc1ccc(C)cc1. The molecule has 0 aliphatic carbocycles. The average molecular weight is 483 g/mol. The second-order valence-corrected chi connectivity index (χ2v) is 8.66. The van der Waals surface area contributed by atoms with E-state index in [1.54, 1.807) is 19.5 Å². The van der Waals surface area contributed by atoms with E-state index in [4.69, 9.17) is 22.2 Å². The summed E-state index contributed by atoms with van der Waals surface area (Å²) < 4.78 is 5.95. The first-order valence-corrected chi connectivity index (χ1v) is 11.5. The van der Waals surface area contributed by atoms with Gasteiger partial charge in [-0.25, -0.2) is 5.48 Å². The van der Waals surface area contributed by atoms with E-state index in [1.807, 2.05) is 61.7 Å². The fraction of sp³-hybridized carbons (Fsp3) is 0.320. The number of fused-ring (bicyclic) bond motifs is 1. The summed E-state index contributed by atoms with van der Waals surface area (Å²) in [7, 11) is 1.70. The van der Waals surface area contributed by atoms with Crippen LogP contribution in [0.2, 0.25) is 0 Å². The highest BCUT2D eigenvalue weighted by Gasteiger charge is 2.32. The van der Waals surface area contributed by atoms with E-state index in [-0.39, 0.29) is 6.42 Å². The molecule has 1 heterocycles. The Hall–Kier alpha value is -3.43. The molecule has 34 heavy (non-hydrogen) atoms. The predicted octanol–water partition coefficient (Wildman–Crippen LogP) is 3.03. The third-order valence-electron chi connectivity index (χ3n) is 5.75. The summed E-state index contributed by atoms with van der Waals surface area (Å²) in [6.45, 7) is 3.69. The number of rotatable bonds is 10. The maximum absolute atomic E-state index is 13.4.